The molecule has 1 radical (unpaired) electrons. The number of rotatable bonds is 6. The topological polar surface area (TPSA) is 29.5 Å². The SMILES string of the molecule is C[B]C(C)CN(C)c1cccc(CC(=O)OC)c1. The molecule has 0 aromatic heterocycles. The van der Waals surface area contributed by atoms with Crippen LogP contribution in [-0.2, 0) is 16.0 Å². The monoisotopic (exact) mass is 246 g/mol. The van der Waals surface area contributed by atoms with Crippen LogP contribution in [0.5, 0.6) is 0 Å². The van der Waals surface area contributed by atoms with E-state index in [0.29, 0.717) is 12.2 Å². The number of hydrogen-bond acceptors (Lipinski definition) is 3. The third-order valence-electron chi connectivity index (χ3n) is 3.06. The van der Waals surface area contributed by atoms with E-state index >= 15 is 0 Å². The Kier molecular flexibility index (Phi) is 5.76. The van der Waals surface area contributed by atoms with Gasteiger partial charge in [0.2, 0.25) is 0 Å². The van der Waals surface area contributed by atoms with Gasteiger partial charge in [-0.3, -0.25) is 4.79 Å². The number of anilines is 1. The van der Waals surface area contributed by atoms with E-state index in [1.807, 2.05) is 18.2 Å². The van der Waals surface area contributed by atoms with E-state index < -0.39 is 0 Å². The number of hydrogen-bond donors (Lipinski definition) is 0. The number of carbonyl (C=O) groups excluding carboxylic acids is 1. The first-order valence-electron chi connectivity index (χ1n) is 6.23. The molecule has 4 heteroatoms. The zero-order chi connectivity index (χ0) is 13.5. The smallest absolute Gasteiger partial charge is 0.309 e. The third-order valence-corrected chi connectivity index (χ3v) is 3.06. The van der Waals surface area contributed by atoms with Gasteiger partial charge in [0.25, 0.3) is 0 Å². The summed E-state index contributed by atoms with van der Waals surface area (Å²) in [7, 11) is 5.67. The first-order valence-corrected chi connectivity index (χ1v) is 6.23. The molecule has 0 spiro atoms. The van der Waals surface area contributed by atoms with Crippen molar-refractivity contribution in [2.75, 3.05) is 25.6 Å². The van der Waals surface area contributed by atoms with E-state index in [-0.39, 0.29) is 5.97 Å². The highest BCUT2D eigenvalue weighted by Crippen LogP contribution is 2.17. The lowest BCUT2D eigenvalue weighted by Crippen LogP contribution is -2.23. The maximum atomic E-state index is 11.2. The van der Waals surface area contributed by atoms with Crippen LogP contribution in [-0.4, -0.2) is 34.0 Å². The molecule has 0 heterocycles. The second-order valence-corrected chi connectivity index (χ2v) is 4.61. The van der Waals surface area contributed by atoms with Crippen molar-refractivity contribution in [3.8, 4) is 0 Å². The number of nitrogens with zero attached hydrogens (tertiary/aromatic N) is 1. The molecule has 18 heavy (non-hydrogen) atoms. The quantitative estimate of drug-likeness (QED) is 0.570. The molecular formula is C14H21BNO2. The van der Waals surface area contributed by atoms with Crippen molar-refractivity contribution in [3.05, 3.63) is 29.8 Å². The molecule has 0 aliphatic rings. The molecule has 0 aliphatic carbocycles. The number of ether oxygens (including phenoxy) is 1. The maximum Gasteiger partial charge on any atom is 0.309 e. The zero-order valence-corrected chi connectivity index (χ0v) is 11.6. The Balaban J connectivity index is 2.71. The molecule has 1 atom stereocenters. The van der Waals surface area contributed by atoms with Crippen LogP contribution < -0.4 is 4.90 Å². The van der Waals surface area contributed by atoms with E-state index in [0.717, 1.165) is 17.8 Å². The molecule has 0 saturated carbocycles. The minimum atomic E-state index is -0.204. The summed E-state index contributed by atoms with van der Waals surface area (Å²) in [5, 5.41) is 0. The van der Waals surface area contributed by atoms with E-state index in [2.05, 4.69) is 43.8 Å². The predicted molar refractivity (Wildman–Crippen MR) is 76.5 cm³/mol. The van der Waals surface area contributed by atoms with Gasteiger partial charge in [0, 0.05) is 19.3 Å². The van der Waals surface area contributed by atoms with Gasteiger partial charge in [-0.05, 0) is 17.7 Å². The number of benzene rings is 1. The molecule has 97 valence electrons. The van der Waals surface area contributed by atoms with Crippen molar-refractivity contribution in [1.29, 1.82) is 0 Å². The fraction of sp³-hybridized carbons (Fsp3) is 0.500. The van der Waals surface area contributed by atoms with Gasteiger partial charge in [0.05, 0.1) is 13.5 Å². The van der Waals surface area contributed by atoms with Crippen molar-refractivity contribution >= 4 is 18.9 Å². The summed E-state index contributed by atoms with van der Waals surface area (Å²) in [6.07, 6.45) is 0.327. The third kappa shape index (κ3) is 4.44. The van der Waals surface area contributed by atoms with Gasteiger partial charge in [-0.2, -0.15) is 0 Å². The van der Waals surface area contributed by atoms with Gasteiger partial charge >= 0.3 is 5.97 Å². The molecule has 1 unspecified atom stereocenters. The van der Waals surface area contributed by atoms with Gasteiger partial charge in [0.15, 0.2) is 0 Å². The molecule has 1 rings (SSSR count). The summed E-state index contributed by atoms with van der Waals surface area (Å²) in [4.78, 5) is 13.4. The average molecular weight is 246 g/mol. The van der Waals surface area contributed by atoms with Gasteiger partial charge in [-0.1, -0.05) is 31.7 Å². The molecular weight excluding hydrogens is 225 g/mol. The summed E-state index contributed by atoms with van der Waals surface area (Å²) in [6.45, 7) is 5.24. The van der Waals surface area contributed by atoms with Crippen LogP contribution in [0, 0.1) is 0 Å². The van der Waals surface area contributed by atoms with E-state index in [1.165, 1.54) is 7.11 Å². The van der Waals surface area contributed by atoms with E-state index in [1.54, 1.807) is 0 Å². The molecule has 0 bridgehead atoms. The Morgan fingerprint density at radius 1 is 1.50 bits per heavy atom. The van der Waals surface area contributed by atoms with Crippen LogP contribution in [0.3, 0.4) is 0 Å². The molecule has 3 nitrogen and oxygen atoms in total. The average Bonchev–Trinajstić information content (AvgIpc) is 2.38. The predicted octanol–water partition coefficient (Wildman–Crippen LogP) is 2.40. The van der Waals surface area contributed by atoms with E-state index in [9.17, 15) is 4.79 Å². The molecule has 0 N–H and O–H groups in total. The Labute approximate surface area is 110 Å². The first-order chi connectivity index (χ1) is 8.56. The van der Waals surface area contributed by atoms with Crippen LogP contribution in [0.4, 0.5) is 5.69 Å². The van der Waals surface area contributed by atoms with Gasteiger partial charge in [0.1, 0.15) is 7.28 Å². The molecule has 0 saturated heterocycles. The molecule has 0 fully saturated rings. The second kappa shape index (κ2) is 7.09. The highest BCUT2D eigenvalue weighted by atomic mass is 16.5. The summed E-state index contributed by atoms with van der Waals surface area (Å²) in [6, 6.07) is 8.02. The fourth-order valence-electron chi connectivity index (χ4n) is 1.79. The van der Waals surface area contributed by atoms with Crippen molar-refractivity contribution in [1.82, 2.24) is 0 Å². The zero-order valence-electron chi connectivity index (χ0n) is 11.6. The number of methoxy groups -OCH3 is 1. The van der Waals surface area contributed by atoms with E-state index in [4.69, 9.17) is 0 Å². The largest absolute Gasteiger partial charge is 0.469 e. The lowest BCUT2D eigenvalue weighted by atomic mass is 9.68. The van der Waals surface area contributed by atoms with Gasteiger partial charge in [-0.15, -0.1) is 0 Å². The van der Waals surface area contributed by atoms with Crippen molar-refractivity contribution in [2.45, 2.75) is 26.0 Å². The lowest BCUT2D eigenvalue weighted by Gasteiger charge is -2.23. The number of esters is 1. The second-order valence-electron chi connectivity index (χ2n) is 4.61. The lowest BCUT2D eigenvalue weighted by molar-refractivity contribution is -0.139. The highest BCUT2D eigenvalue weighted by molar-refractivity contribution is 6.35. The summed E-state index contributed by atoms with van der Waals surface area (Å²) < 4.78 is 4.68. The van der Waals surface area contributed by atoms with Crippen LogP contribution in [0.2, 0.25) is 12.6 Å². The van der Waals surface area contributed by atoms with Crippen LogP contribution >= 0.6 is 0 Å². The Morgan fingerprint density at radius 3 is 2.83 bits per heavy atom. The summed E-state index contributed by atoms with van der Waals surface area (Å²) in [5.74, 6) is 0.337. The minimum Gasteiger partial charge on any atom is -0.469 e. The Bertz CT molecular complexity index is 395. The van der Waals surface area contributed by atoms with Crippen LogP contribution in [0.25, 0.3) is 0 Å². The van der Waals surface area contributed by atoms with Crippen LogP contribution in [0.15, 0.2) is 24.3 Å². The Hall–Kier alpha value is -1.45. The normalized spacial score (nSPS) is 11.8. The highest BCUT2D eigenvalue weighted by Gasteiger charge is 2.08. The molecule has 0 amide bonds. The molecule has 1 aromatic rings. The van der Waals surface area contributed by atoms with Crippen LogP contribution in [0.1, 0.15) is 12.5 Å². The first kappa shape index (κ1) is 14.6. The Morgan fingerprint density at radius 2 is 2.22 bits per heavy atom. The van der Waals surface area contributed by atoms with Gasteiger partial charge < -0.3 is 9.64 Å². The summed E-state index contributed by atoms with van der Waals surface area (Å²) >= 11 is 0. The number of carbonyl (C=O) groups is 1. The fourth-order valence-corrected chi connectivity index (χ4v) is 1.79. The molecule has 1 aromatic carbocycles. The summed E-state index contributed by atoms with van der Waals surface area (Å²) in [5.41, 5.74) is 2.12. The minimum absolute atomic E-state index is 0.204. The van der Waals surface area contributed by atoms with Crippen molar-refractivity contribution in [2.24, 2.45) is 0 Å². The van der Waals surface area contributed by atoms with Crippen molar-refractivity contribution < 1.29 is 9.53 Å². The van der Waals surface area contributed by atoms with Gasteiger partial charge in [-0.25, -0.2) is 0 Å². The standard InChI is InChI=1S/C14H21BNO2/c1-11(15-2)10-16(3)13-7-5-6-12(8-13)9-14(17)18-4/h5-8,11H,9-10H2,1-4H3. The molecule has 0 aliphatic heterocycles. The van der Waals surface area contributed by atoms with Crippen molar-refractivity contribution in [3.63, 3.8) is 0 Å². The maximum absolute atomic E-state index is 11.2.